The predicted octanol–water partition coefficient (Wildman–Crippen LogP) is 3.67. The van der Waals surface area contributed by atoms with Gasteiger partial charge in [-0.2, -0.15) is 5.10 Å². The van der Waals surface area contributed by atoms with Crippen LogP contribution < -0.4 is 4.74 Å². The minimum atomic E-state index is -0.303. The Morgan fingerprint density at radius 3 is 3.04 bits per heavy atom. The standard InChI is InChI=1S/C20H26FN3O2/c1-3-9-24-13-19(15(2)22-24)20(25)23-10-5-6-16(12-23)14-26-18-8-4-7-17(21)11-18/h4,7-8,11,13,16H,3,5-6,9-10,12,14H2,1-2H3/t16-/m0/s1. The molecule has 2 heterocycles. The maximum absolute atomic E-state index is 13.2. The van der Waals surface area contributed by atoms with E-state index in [1.807, 2.05) is 22.7 Å². The van der Waals surface area contributed by atoms with E-state index >= 15 is 0 Å². The summed E-state index contributed by atoms with van der Waals surface area (Å²) >= 11 is 0. The molecule has 1 aliphatic rings. The zero-order valence-corrected chi connectivity index (χ0v) is 15.4. The van der Waals surface area contributed by atoms with Crippen LogP contribution in [0.3, 0.4) is 0 Å². The molecule has 5 nitrogen and oxygen atoms in total. The molecule has 1 aliphatic heterocycles. The van der Waals surface area contributed by atoms with E-state index in [4.69, 9.17) is 4.74 Å². The molecule has 0 aliphatic carbocycles. The van der Waals surface area contributed by atoms with E-state index in [0.717, 1.165) is 38.0 Å². The van der Waals surface area contributed by atoms with E-state index in [-0.39, 0.29) is 17.6 Å². The highest BCUT2D eigenvalue weighted by molar-refractivity contribution is 5.95. The lowest BCUT2D eigenvalue weighted by molar-refractivity contribution is 0.0632. The highest BCUT2D eigenvalue weighted by Crippen LogP contribution is 2.21. The number of hydrogen-bond donors (Lipinski definition) is 0. The third-order valence-electron chi connectivity index (χ3n) is 4.72. The van der Waals surface area contributed by atoms with Crippen molar-refractivity contribution < 1.29 is 13.9 Å². The molecule has 1 atom stereocenters. The number of carbonyl (C=O) groups excluding carboxylic acids is 1. The van der Waals surface area contributed by atoms with Gasteiger partial charge < -0.3 is 9.64 Å². The lowest BCUT2D eigenvalue weighted by atomic mass is 9.98. The number of benzene rings is 1. The average Bonchev–Trinajstić information content (AvgIpc) is 3.00. The number of likely N-dealkylation sites (tertiary alicyclic amines) is 1. The second-order valence-corrected chi connectivity index (χ2v) is 6.92. The van der Waals surface area contributed by atoms with Gasteiger partial charge in [-0.25, -0.2) is 4.39 Å². The average molecular weight is 359 g/mol. The fourth-order valence-corrected chi connectivity index (χ4v) is 3.40. The fraction of sp³-hybridized carbons (Fsp3) is 0.500. The molecule has 140 valence electrons. The van der Waals surface area contributed by atoms with E-state index in [1.165, 1.54) is 12.1 Å². The zero-order chi connectivity index (χ0) is 18.5. The van der Waals surface area contributed by atoms with Gasteiger partial charge in [0, 0.05) is 37.8 Å². The summed E-state index contributed by atoms with van der Waals surface area (Å²) in [7, 11) is 0. The molecule has 0 bridgehead atoms. The monoisotopic (exact) mass is 359 g/mol. The summed E-state index contributed by atoms with van der Waals surface area (Å²) in [6.07, 6.45) is 4.80. The van der Waals surface area contributed by atoms with Crippen LogP contribution in [0.1, 0.15) is 42.2 Å². The fourth-order valence-electron chi connectivity index (χ4n) is 3.40. The minimum absolute atomic E-state index is 0.0420. The maximum atomic E-state index is 13.2. The Labute approximate surface area is 153 Å². The first-order valence-corrected chi connectivity index (χ1v) is 9.28. The molecular weight excluding hydrogens is 333 g/mol. The van der Waals surface area contributed by atoms with Crippen molar-refractivity contribution in [1.82, 2.24) is 14.7 Å². The maximum Gasteiger partial charge on any atom is 0.257 e. The van der Waals surface area contributed by atoms with Crippen molar-refractivity contribution >= 4 is 5.91 Å². The topological polar surface area (TPSA) is 47.4 Å². The molecule has 6 heteroatoms. The van der Waals surface area contributed by atoms with Crippen LogP contribution in [0.4, 0.5) is 4.39 Å². The number of carbonyl (C=O) groups is 1. The number of amides is 1. The Morgan fingerprint density at radius 1 is 1.42 bits per heavy atom. The molecule has 1 fully saturated rings. The van der Waals surface area contributed by atoms with Gasteiger partial charge in [-0.05, 0) is 38.3 Å². The normalized spacial score (nSPS) is 17.3. The van der Waals surface area contributed by atoms with Gasteiger partial charge in [-0.1, -0.05) is 13.0 Å². The van der Waals surface area contributed by atoms with Crippen molar-refractivity contribution in [1.29, 1.82) is 0 Å². The van der Waals surface area contributed by atoms with E-state index in [0.29, 0.717) is 24.5 Å². The number of ether oxygens (including phenoxy) is 1. The van der Waals surface area contributed by atoms with E-state index in [1.54, 1.807) is 12.1 Å². The molecule has 0 spiro atoms. The Hall–Kier alpha value is -2.37. The van der Waals surface area contributed by atoms with E-state index in [9.17, 15) is 9.18 Å². The number of nitrogens with zero attached hydrogens (tertiary/aromatic N) is 3. The van der Waals surface area contributed by atoms with Crippen LogP contribution in [-0.2, 0) is 6.54 Å². The van der Waals surface area contributed by atoms with Gasteiger partial charge in [0.25, 0.3) is 5.91 Å². The van der Waals surface area contributed by atoms with Crippen molar-refractivity contribution in [3.05, 3.63) is 47.5 Å². The predicted molar refractivity (Wildman–Crippen MR) is 97.8 cm³/mol. The minimum Gasteiger partial charge on any atom is -0.493 e. The van der Waals surface area contributed by atoms with Gasteiger partial charge in [0.15, 0.2) is 0 Å². The van der Waals surface area contributed by atoms with Crippen LogP contribution in [0, 0.1) is 18.7 Å². The molecule has 3 rings (SSSR count). The van der Waals surface area contributed by atoms with Gasteiger partial charge >= 0.3 is 0 Å². The number of rotatable bonds is 6. The third-order valence-corrected chi connectivity index (χ3v) is 4.72. The molecule has 0 N–H and O–H groups in total. The summed E-state index contributed by atoms with van der Waals surface area (Å²) in [6, 6.07) is 6.17. The smallest absolute Gasteiger partial charge is 0.257 e. The van der Waals surface area contributed by atoms with E-state index < -0.39 is 0 Å². The van der Waals surface area contributed by atoms with Crippen LogP contribution in [0.2, 0.25) is 0 Å². The number of halogens is 1. The van der Waals surface area contributed by atoms with Crippen molar-refractivity contribution in [2.24, 2.45) is 5.92 Å². The van der Waals surface area contributed by atoms with Crippen molar-refractivity contribution in [2.45, 2.75) is 39.7 Å². The molecule has 1 amide bonds. The number of hydrogen-bond acceptors (Lipinski definition) is 3. The Bertz CT molecular complexity index is 759. The zero-order valence-electron chi connectivity index (χ0n) is 15.4. The second-order valence-electron chi connectivity index (χ2n) is 6.92. The third kappa shape index (κ3) is 4.42. The first-order chi connectivity index (χ1) is 12.6. The second kappa shape index (κ2) is 8.34. The van der Waals surface area contributed by atoms with Crippen LogP contribution in [0.5, 0.6) is 5.75 Å². The first kappa shape index (κ1) is 18.4. The summed E-state index contributed by atoms with van der Waals surface area (Å²) in [6.45, 7) is 6.69. The lowest BCUT2D eigenvalue weighted by Crippen LogP contribution is -2.41. The Kier molecular flexibility index (Phi) is 5.91. The quantitative estimate of drug-likeness (QED) is 0.791. The van der Waals surface area contributed by atoms with Crippen molar-refractivity contribution in [3.63, 3.8) is 0 Å². The lowest BCUT2D eigenvalue weighted by Gasteiger charge is -2.32. The first-order valence-electron chi connectivity index (χ1n) is 9.28. The number of aromatic nitrogens is 2. The molecule has 0 saturated carbocycles. The van der Waals surface area contributed by atoms with Crippen LogP contribution in [0.15, 0.2) is 30.5 Å². The summed E-state index contributed by atoms with van der Waals surface area (Å²) < 4.78 is 20.8. The van der Waals surface area contributed by atoms with Crippen molar-refractivity contribution in [2.75, 3.05) is 19.7 Å². The molecule has 1 aromatic heterocycles. The Balaban J connectivity index is 1.60. The molecule has 1 aromatic carbocycles. The van der Waals surface area contributed by atoms with Crippen LogP contribution in [-0.4, -0.2) is 40.3 Å². The van der Waals surface area contributed by atoms with Crippen molar-refractivity contribution in [3.8, 4) is 5.75 Å². The molecule has 0 unspecified atom stereocenters. The number of piperidine rings is 1. The molecule has 2 aromatic rings. The summed E-state index contributed by atoms with van der Waals surface area (Å²) in [5, 5.41) is 4.43. The SMILES string of the molecule is CCCn1cc(C(=O)N2CCC[C@H](COc3cccc(F)c3)C2)c(C)n1. The summed E-state index contributed by atoms with van der Waals surface area (Å²) in [5.41, 5.74) is 1.46. The van der Waals surface area contributed by atoms with Gasteiger partial charge in [0.1, 0.15) is 11.6 Å². The summed E-state index contributed by atoms with van der Waals surface area (Å²) in [4.78, 5) is 14.8. The largest absolute Gasteiger partial charge is 0.493 e. The van der Waals surface area contributed by atoms with E-state index in [2.05, 4.69) is 12.0 Å². The van der Waals surface area contributed by atoms with Crippen LogP contribution >= 0.6 is 0 Å². The van der Waals surface area contributed by atoms with Gasteiger partial charge in [0.05, 0.1) is 17.9 Å². The molecule has 0 radical (unpaired) electrons. The van der Waals surface area contributed by atoms with Gasteiger partial charge in [-0.3, -0.25) is 9.48 Å². The highest BCUT2D eigenvalue weighted by Gasteiger charge is 2.27. The molecule has 1 saturated heterocycles. The molecule has 26 heavy (non-hydrogen) atoms. The van der Waals surface area contributed by atoms with Crippen LogP contribution in [0.25, 0.3) is 0 Å². The highest BCUT2D eigenvalue weighted by atomic mass is 19.1. The molecular formula is C20H26FN3O2. The number of aryl methyl sites for hydroxylation is 2. The van der Waals surface area contributed by atoms with Gasteiger partial charge in [0.2, 0.25) is 0 Å². The Morgan fingerprint density at radius 2 is 2.27 bits per heavy atom. The summed E-state index contributed by atoms with van der Waals surface area (Å²) in [5.74, 6) is 0.523. The van der Waals surface area contributed by atoms with Gasteiger partial charge in [-0.15, -0.1) is 0 Å².